The van der Waals surface area contributed by atoms with E-state index >= 15 is 0 Å². The molecule has 1 amide bonds. The molecular formula is C15H18Cl2N2O3. The number of piperidine rings is 1. The molecule has 3 atom stereocenters. The van der Waals surface area contributed by atoms with Gasteiger partial charge in [-0.05, 0) is 30.9 Å². The Hall–Kier alpha value is -1.01. The normalized spacial score (nSPS) is 28.6. The lowest BCUT2D eigenvalue weighted by Crippen LogP contribution is -2.63. The summed E-state index contributed by atoms with van der Waals surface area (Å²) in [5.41, 5.74) is 0.672. The number of carbonyl (C=O) groups excluding carboxylic acids is 1. The van der Waals surface area contributed by atoms with E-state index < -0.39 is 6.04 Å². The molecule has 0 saturated carbocycles. The van der Waals surface area contributed by atoms with E-state index in [0.29, 0.717) is 41.5 Å². The highest BCUT2D eigenvalue weighted by atomic mass is 35.5. The number of amides is 1. The lowest BCUT2D eigenvalue weighted by Gasteiger charge is -2.45. The minimum absolute atomic E-state index is 0.0449. The number of rotatable bonds is 2. The maximum atomic E-state index is 12.2. The van der Waals surface area contributed by atoms with E-state index in [1.54, 1.807) is 12.1 Å². The van der Waals surface area contributed by atoms with E-state index in [0.717, 1.165) is 0 Å². The van der Waals surface area contributed by atoms with Crippen molar-refractivity contribution in [3.05, 3.63) is 27.7 Å². The van der Waals surface area contributed by atoms with Gasteiger partial charge in [-0.1, -0.05) is 23.2 Å². The van der Waals surface area contributed by atoms with Gasteiger partial charge < -0.3 is 20.4 Å². The van der Waals surface area contributed by atoms with Crippen LogP contribution in [-0.4, -0.2) is 52.8 Å². The van der Waals surface area contributed by atoms with Gasteiger partial charge in [0, 0.05) is 24.7 Å². The molecule has 1 aromatic carbocycles. The van der Waals surface area contributed by atoms with Crippen LogP contribution >= 0.6 is 23.2 Å². The van der Waals surface area contributed by atoms with Crippen LogP contribution in [0.2, 0.25) is 10.0 Å². The van der Waals surface area contributed by atoms with Crippen molar-refractivity contribution in [1.29, 1.82) is 0 Å². The van der Waals surface area contributed by atoms with Gasteiger partial charge in [0.2, 0.25) is 5.91 Å². The molecule has 0 aromatic heterocycles. The van der Waals surface area contributed by atoms with Crippen molar-refractivity contribution in [3.8, 4) is 5.75 Å². The van der Waals surface area contributed by atoms with E-state index in [9.17, 15) is 15.0 Å². The standard InChI is InChI=1S/C15H18Cl2N2O3/c16-10-1-2-12(21)13(14(10)17)8-3-4-19-9(5-8)6-18-11(7-20)15(19)22/h1-2,8-9,11,18,20-21H,3-7H2. The number of nitrogens with zero attached hydrogens (tertiary/aromatic N) is 1. The number of phenolic OH excluding ortho intramolecular Hbond substituents is 1. The number of benzene rings is 1. The second-order valence-corrected chi connectivity index (χ2v) is 6.63. The van der Waals surface area contributed by atoms with Crippen LogP contribution in [0.5, 0.6) is 5.75 Å². The first-order chi connectivity index (χ1) is 10.5. The minimum atomic E-state index is -0.504. The highest BCUT2D eigenvalue weighted by Crippen LogP contribution is 2.43. The molecule has 22 heavy (non-hydrogen) atoms. The van der Waals surface area contributed by atoms with Gasteiger partial charge in [-0.2, -0.15) is 0 Å². The third kappa shape index (κ3) is 2.67. The molecule has 3 N–H and O–H groups in total. The van der Waals surface area contributed by atoms with Crippen LogP contribution in [0.15, 0.2) is 12.1 Å². The lowest BCUT2D eigenvalue weighted by atomic mass is 9.83. The molecule has 5 nitrogen and oxygen atoms in total. The van der Waals surface area contributed by atoms with Gasteiger partial charge in [0.1, 0.15) is 11.8 Å². The number of piperazine rings is 1. The number of phenols is 1. The Balaban J connectivity index is 1.82. The average molecular weight is 345 g/mol. The second-order valence-electron chi connectivity index (χ2n) is 5.84. The number of fused-ring (bicyclic) bond motifs is 1. The van der Waals surface area contributed by atoms with Gasteiger partial charge in [0.25, 0.3) is 0 Å². The van der Waals surface area contributed by atoms with Crippen molar-refractivity contribution in [1.82, 2.24) is 10.2 Å². The largest absolute Gasteiger partial charge is 0.508 e. The second kappa shape index (κ2) is 6.24. The molecule has 2 heterocycles. The van der Waals surface area contributed by atoms with Gasteiger partial charge in [-0.15, -0.1) is 0 Å². The third-order valence-corrected chi connectivity index (χ3v) is 5.42. The Morgan fingerprint density at radius 1 is 1.36 bits per heavy atom. The topological polar surface area (TPSA) is 72.8 Å². The Morgan fingerprint density at radius 3 is 2.86 bits per heavy atom. The molecular weight excluding hydrogens is 327 g/mol. The number of hydrogen-bond donors (Lipinski definition) is 3. The fourth-order valence-corrected chi connectivity index (χ4v) is 3.93. The smallest absolute Gasteiger partial charge is 0.242 e. The van der Waals surface area contributed by atoms with Crippen LogP contribution in [0.3, 0.4) is 0 Å². The summed E-state index contributed by atoms with van der Waals surface area (Å²) >= 11 is 12.3. The molecule has 120 valence electrons. The highest BCUT2D eigenvalue weighted by molar-refractivity contribution is 6.42. The summed E-state index contributed by atoms with van der Waals surface area (Å²) in [6.45, 7) is 1.04. The number of carbonyl (C=O) groups is 1. The van der Waals surface area contributed by atoms with E-state index in [4.69, 9.17) is 23.2 Å². The van der Waals surface area contributed by atoms with Crippen LogP contribution in [0.25, 0.3) is 0 Å². The molecule has 0 radical (unpaired) electrons. The maximum Gasteiger partial charge on any atom is 0.242 e. The van der Waals surface area contributed by atoms with E-state index in [-0.39, 0.29) is 30.2 Å². The van der Waals surface area contributed by atoms with Gasteiger partial charge in [-0.3, -0.25) is 4.79 Å². The van der Waals surface area contributed by atoms with Crippen LogP contribution in [0.1, 0.15) is 24.3 Å². The molecule has 0 bridgehead atoms. The van der Waals surface area contributed by atoms with Gasteiger partial charge >= 0.3 is 0 Å². The van der Waals surface area contributed by atoms with E-state index in [2.05, 4.69) is 5.32 Å². The summed E-state index contributed by atoms with van der Waals surface area (Å²) in [6.07, 6.45) is 1.43. The summed E-state index contributed by atoms with van der Waals surface area (Å²) in [5.74, 6) is 0.155. The molecule has 1 aromatic rings. The number of aromatic hydroxyl groups is 1. The Morgan fingerprint density at radius 2 is 2.14 bits per heavy atom. The molecule has 2 fully saturated rings. The van der Waals surface area contributed by atoms with Gasteiger partial charge in [0.15, 0.2) is 0 Å². The SMILES string of the molecule is O=C1C(CO)NCC2CC(c3c(O)ccc(Cl)c3Cl)CCN12. The van der Waals surface area contributed by atoms with Crippen LogP contribution in [-0.2, 0) is 4.79 Å². The third-order valence-electron chi connectivity index (χ3n) is 4.60. The van der Waals surface area contributed by atoms with Crippen LogP contribution in [0, 0.1) is 0 Å². The van der Waals surface area contributed by atoms with Crippen molar-refractivity contribution in [3.63, 3.8) is 0 Å². The van der Waals surface area contributed by atoms with Crippen LogP contribution in [0.4, 0.5) is 0 Å². The number of aliphatic hydroxyl groups is 1. The number of nitrogens with one attached hydrogen (secondary N) is 1. The van der Waals surface area contributed by atoms with Crippen molar-refractivity contribution >= 4 is 29.1 Å². The van der Waals surface area contributed by atoms with Gasteiger partial charge in [0.05, 0.1) is 16.7 Å². The summed E-state index contributed by atoms with van der Waals surface area (Å²) < 4.78 is 0. The Labute approximate surface area is 138 Å². The summed E-state index contributed by atoms with van der Waals surface area (Å²) in [5, 5.41) is 23.2. The molecule has 2 saturated heterocycles. The predicted molar refractivity (Wildman–Crippen MR) is 84.5 cm³/mol. The van der Waals surface area contributed by atoms with Crippen molar-refractivity contribution in [2.45, 2.75) is 30.8 Å². The summed E-state index contributed by atoms with van der Waals surface area (Å²) in [6, 6.07) is 2.68. The maximum absolute atomic E-state index is 12.2. The fraction of sp³-hybridized carbons (Fsp3) is 0.533. The summed E-state index contributed by atoms with van der Waals surface area (Å²) in [4.78, 5) is 14.1. The number of halogens is 2. The molecule has 2 aliphatic heterocycles. The summed E-state index contributed by atoms with van der Waals surface area (Å²) in [7, 11) is 0. The highest BCUT2D eigenvalue weighted by Gasteiger charge is 2.39. The average Bonchev–Trinajstić information content (AvgIpc) is 2.52. The quantitative estimate of drug-likeness (QED) is 0.764. The number of aliphatic hydroxyl groups excluding tert-OH is 1. The molecule has 7 heteroatoms. The minimum Gasteiger partial charge on any atom is -0.508 e. The molecule has 2 aliphatic rings. The Bertz CT molecular complexity index is 596. The van der Waals surface area contributed by atoms with Crippen molar-refractivity contribution < 1.29 is 15.0 Å². The monoisotopic (exact) mass is 344 g/mol. The first-order valence-electron chi connectivity index (χ1n) is 7.34. The van der Waals surface area contributed by atoms with Crippen molar-refractivity contribution in [2.75, 3.05) is 19.7 Å². The molecule has 3 unspecified atom stereocenters. The number of hydrogen-bond acceptors (Lipinski definition) is 4. The molecule has 0 aliphatic carbocycles. The zero-order valence-electron chi connectivity index (χ0n) is 11.9. The Kier molecular flexibility index (Phi) is 4.50. The predicted octanol–water partition coefficient (Wildman–Crippen LogP) is 1.74. The van der Waals surface area contributed by atoms with E-state index in [1.807, 2.05) is 4.90 Å². The molecule has 0 spiro atoms. The van der Waals surface area contributed by atoms with Crippen LogP contribution < -0.4 is 5.32 Å². The van der Waals surface area contributed by atoms with Crippen molar-refractivity contribution in [2.24, 2.45) is 0 Å². The zero-order chi connectivity index (χ0) is 15.9. The lowest BCUT2D eigenvalue weighted by molar-refractivity contribution is -0.141. The van der Waals surface area contributed by atoms with Gasteiger partial charge in [-0.25, -0.2) is 0 Å². The first kappa shape index (κ1) is 15.9. The zero-order valence-corrected chi connectivity index (χ0v) is 13.4. The molecule has 3 rings (SSSR count). The first-order valence-corrected chi connectivity index (χ1v) is 8.10. The fourth-order valence-electron chi connectivity index (χ4n) is 3.45. The van der Waals surface area contributed by atoms with E-state index in [1.165, 1.54) is 0 Å².